The molecule has 1 rings (SSSR count). The van der Waals surface area contributed by atoms with E-state index < -0.39 is 11.5 Å². The largest absolute Gasteiger partial charge is 0.480 e. The van der Waals surface area contributed by atoms with Crippen LogP contribution in [0.25, 0.3) is 0 Å². The quantitative estimate of drug-likeness (QED) is 0.726. The lowest BCUT2D eigenvalue weighted by Gasteiger charge is -2.30. The predicted molar refractivity (Wildman–Crippen MR) is 65.5 cm³/mol. The van der Waals surface area contributed by atoms with E-state index >= 15 is 0 Å². The van der Waals surface area contributed by atoms with E-state index in [-0.39, 0.29) is 0 Å². The van der Waals surface area contributed by atoms with Gasteiger partial charge in [0.1, 0.15) is 5.54 Å². The van der Waals surface area contributed by atoms with Crippen LogP contribution in [0.15, 0.2) is 0 Å². The van der Waals surface area contributed by atoms with Crippen LogP contribution in [-0.4, -0.2) is 23.2 Å². The van der Waals surface area contributed by atoms with Gasteiger partial charge in [0.15, 0.2) is 0 Å². The van der Waals surface area contributed by atoms with Crippen molar-refractivity contribution in [3.63, 3.8) is 0 Å². The number of nitrogens with one attached hydrogen (secondary N) is 1. The third-order valence-electron chi connectivity index (χ3n) is 3.62. The van der Waals surface area contributed by atoms with Crippen LogP contribution in [0.4, 0.5) is 0 Å². The van der Waals surface area contributed by atoms with Gasteiger partial charge in [-0.2, -0.15) is 0 Å². The molecule has 1 aliphatic carbocycles. The number of hydrogen-bond donors (Lipinski definition) is 2. The monoisotopic (exact) mass is 227 g/mol. The smallest absolute Gasteiger partial charge is 0.323 e. The molecule has 0 bridgehead atoms. The van der Waals surface area contributed by atoms with Crippen LogP contribution in [0.5, 0.6) is 0 Å². The molecule has 0 saturated heterocycles. The second-order valence-corrected chi connectivity index (χ2v) is 5.70. The van der Waals surface area contributed by atoms with Crippen LogP contribution < -0.4 is 5.32 Å². The van der Waals surface area contributed by atoms with Gasteiger partial charge in [-0.25, -0.2) is 0 Å². The van der Waals surface area contributed by atoms with Crippen LogP contribution in [0.3, 0.4) is 0 Å². The van der Waals surface area contributed by atoms with Gasteiger partial charge in [0, 0.05) is 0 Å². The molecule has 1 saturated carbocycles. The Morgan fingerprint density at radius 1 is 1.44 bits per heavy atom. The Morgan fingerprint density at radius 3 is 2.69 bits per heavy atom. The summed E-state index contributed by atoms with van der Waals surface area (Å²) >= 11 is 0. The summed E-state index contributed by atoms with van der Waals surface area (Å²) in [6.07, 6.45) is 4.77. The number of aliphatic carboxylic acids is 1. The molecular formula is C13H25NO2. The summed E-state index contributed by atoms with van der Waals surface area (Å²) in [4.78, 5) is 11.5. The van der Waals surface area contributed by atoms with Crippen LogP contribution >= 0.6 is 0 Å². The molecule has 2 atom stereocenters. The maximum absolute atomic E-state index is 11.5. The Kier molecular flexibility index (Phi) is 4.78. The highest BCUT2D eigenvalue weighted by molar-refractivity contribution is 5.78. The molecule has 0 spiro atoms. The van der Waals surface area contributed by atoms with Gasteiger partial charge in [-0.1, -0.05) is 33.6 Å². The van der Waals surface area contributed by atoms with Crippen molar-refractivity contribution in [1.29, 1.82) is 0 Å². The summed E-state index contributed by atoms with van der Waals surface area (Å²) in [6, 6.07) is 0. The zero-order valence-corrected chi connectivity index (χ0v) is 10.8. The van der Waals surface area contributed by atoms with Crippen molar-refractivity contribution in [3.05, 3.63) is 0 Å². The second-order valence-electron chi connectivity index (χ2n) is 5.70. The molecule has 0 aromatic heterocycles. The van der Waals surface area contributed by atoms with Crippen LogP contribution in [0, 0.1) is 11.8 Å². The number of carboxylic acids is 1. The molecule has 1 fully saturated rings. The summed E-state index contributed by atoms with van der Waals surface area (Å²) in [5.41, 5.74) is -0.658. The maximum atomic E-state index is 11.5. The molecule has 1 aliphatic rings. The molecule has 0 aliphatic heterocycles. The summed E-state index contributed by atoms with van der Waals surface area (Å²) in [5.74, 6) is 0.501. The van der Waals surface area contributed by atoms with Crippen LogP contribution in [0.1, 0.15) is 52.9 Å². The number of hydrogen-bond acceptors (Lipinski definition) is 2. The first-order valence-electron chi connectivity index (χ1n) is 6.45. The van der Waals surface area contributed by atoms with E-state index in [2.05, 4.69) is 26.1 Å². The molecule has 3 nitrogen and oxygen atoms in total. The molecule has 2 N–H and O–H groups in total. The van der Waals surface area contributed by atoms with Gasteiger partial charge in [-0.3, -0.25) is 4.79 Å². The molecule has 0 aromatic carbocycles. The van der Waals surface area contributed by atoms with Gasteiger partial charge >= 0.3 is 5.97 Å². The lowest BCUT2D eigenvalue weighted by molar-refractivity contribution is -0.145. The maximum Gasteiger partial charge on any atom is 0.323 e. The average Bonchev–Trinajstić information content (AvgIpc) is 2.38. The van der Waals surface area contributed by atoms with Crippen molar-refractivity contribution < 1.29 is 9.90 Å². The zero-order valence-electron chi connectivity index (χ0n) is 10.8. The second kappa shape index (κ2) is 5.67. The molecule has 0 radical (unpaired) electrons. The third-order valence-corrected chi connectivity index (χ3v) is 3.62. The summed E-state index contributed by atoms with van der Waals surface area (Å²) < 4.78 is 0. The fourth-order valence-corrected chi connectivity index (χ4v) is 2.38. The first-order valence-corrected chi connectivity index (χ1v) is 6.45. The van der Waals surface area contributed by atoms with E-state index in [0.29, 0.717) is 11.8 Å². The Balaban J connectivity index is 2.67. The summed E-state index contributed by atoms with van der Waals surface area (Å²) in [6.45, 7) is 7.24. The predicted octanol–water partition coefficient (Wildman–Crippen LogP) is 2.66. The van der Waals surface area contributed by atoms with Gasteiger partial charge < -0.3 is 10.4 Å². The number of carboxylic acid groups (broad SMARTS) is 1. The molecule has 0 aromatic rings. The van der Waals surface area contributed by atoms with E-state index in [0.717, 1.165) is 32.2 Å². The van der Waals surface area contributed by atoms with Gasteiger partial charge in [0.25, 0.3) is 0 Å². The molecule has 94 valence electrons. The Hall–Kier alpha value is -0.570. The van der Waals surface area contributed by atoms with Crippen molar-refractivity contribution in [2.45, 2.75) is 58.4 Å². The average molecular weight is 227 g/mol. The Morgan fingerprint density at radius 2 is 2.12 bits per heavy atom. The minimum absolute atomic E-state index is 0.497. The summed E-state index contributed by atoms with van der Waals surface area (Å²) in [7, 11) is 0. The van der Waals surface area contributed by atoms with Gasteiger partial charge in [0.05, 0.1) is 0 Å². The van der Waals surface area contributed by atoms with Crippen LogP contribution in [0.2, 0.25) is 0 Å². The zero-order chi connectivity index (χ0) is 12.2. The van der Waals surface area contributed by atoms with E-state index in [1.54, 1.807) is 0 Å². The topological polar surface area (TPSA) is 49.3 Å². The molecule has 16 heavy (non-hydrogen) atoms. The first kappa shape index (κ1) is 13.5. The first-order chi connectivity index (χ1) is 7.46. The molecular weight excluding hydrogens is 202 g/mol. The van der Waals surface area contributed by atoms with Crippen molar-refractivity contribution in [1.82, 2.24) is 5.32 Å². The van der Waals surface area contributed by atoms with Crippen molar-refractivity contribution >= 4 is 5.97 Å². The van der Waals surface area contributed by atoms with Crippen molar-refractivity contribution in [2.75, 3.05) is 6.54 Å². The lowest BCUT2D eigenvalue weighted by Crippen LogP contribution is -2.52. The van der Waals surface area contributed by atoms with Gasteiger partial charge in [-0.05, 0) is 37.6 Å². The standard InChI is InChI=1S/C13H25NO2/c1-10(2)9-14-13(12(15)16)7-4-5-11(3)6-8-13/h10-11,14H,4-9H2,1-3H3,(H,15,16). The van der Waals surface area contributed by atoms with Gasteiger partial charge in [-0.15, -0.1) is 0 Å². The van der Waals surface area contributed by atoms with Crippen LogP contribution in [-0.2, 0) is 4.79 Å². The highest BCUT2D eigenvalue weighted by atomic mass is 16.4. The highest BCUT2D eigenvalue weighted by Gasteiger charge is 2.39. The Bertz CT molecular complexity index is 240. The highest BCUT2D eigenvalue weighted by Crippen LogP contribution is 2.30. The minimum Gasteiger partial charge on any atom is -0.480 e. The summed E-state index contributed by atoms with van der Waals surface area (Å²) in [5, 5.41) is 12.7. The van der Waals surface area contributed by atoms with E-state index in [1.165, 1.54) is 6.42 Å². The van der Waals surface area contributed by atoms with Gasteiger partial charge in [0.2, 0.25) is 0 Å². The normalized spacial score (nSPS) is 31.4. The molecule has 0 heterocycles. The fraction of sp³-hybridized carbons (Fsp3) is 0.923. The minimum atomic E-state index is -0.665. The SMILES string of the molecule is CC(C)CNC1(C(=O)O)CCCC(C)CC1. The molecule has 0 amide bonds. The Labute approximate surface area is 98.6 Å². The van der Waals surface area contributed by atoms with E-state index in [9.17, 15) is 9.90 Å². The fourth-order valence-electron chi connectivity index (χ4n) is 2.38. The van der Waals surface area contributed by atoms with Crippen molar-refractivity contribution in [3.8, 4) is 0 Å². The number of rotatable bonds is 4. The molecule has 3 heteroatoms. The van der Waals surface area contributed by atoms with Crippen molar-refractivity contribution in [2.24, 2.45) is 11.8 Å². The lowest BCUT2D eigenvalue weighted by atomic mass is 9.89. The van der Waals surface area contributed by atoms with E-state index in [4.69, 9.17) is 0 Å². The third kappa shape index (κ3) is 3.48. The molecule has 2 unspecified atom stereocenters. The number of carbonyl (C=O) groups is 1. The van der Waals surface area contributed by atoms with E-state index in [1.807, 2.05) is 0 Å².